The van der Waals surface area contributed by atoms with Gasteiger partial charge in [0.05, 0.1) is 0 Å². The molecule has 1 aliphatic heterocycles. The molecular formula is C13H28N3. The van der Waals surface area contributed by atoms with Crippen LogP contribution in [0.1, 0.15) is 40.0 Å². The first-order chi connectivity index (χ1) is 7.76. The Morgan fingerprint density at radius 1 is 1.25 bits per heavy atom. The highest BCUT2D eigenvalue weighted by Crippen LogP contribution is 2.06. The summed E-state index contributed by atoms with van der Waals surface area (Å²) < 4.78 is 0. The van der Waals surface area contributed by atoms with Crippen molar-refractivity contribution in [3.8, 4) is 0 Å². The maximum Gasteiger partial charge on any atom is 0.0148 e. The van der Waals surface area contributed by atoms with Crippen molar-refractivity contribution in [2.75, 3.05) is 32.7 Å². The Morgan fingerprint density at radius 2 is 1.88 bits per heavy atom. The van der Waals surface area contributed by atoms with Crippen LogP contribution in [0.25, 0.3) is 0 Å². The summed E-state index contributed by atoms with van der Waals surface area (Å²) in [4.78, 5) is 2.49. The average molecular weight is 226 g/mol. The second-order valence-electron chi connectivity index (χ2n) is 4.83. The monoisotopic (exact) mass is 226 g/mol. The summed E-state index contributed by atoms with van der Waals surface area (Å²) in [6.07, 6.45) is 3.72. The minimum absolute atomic E-state index is 0.642. The summed E-state index contributed by atoms with van der Waals surface area (Å²) in [5.74, 6) is 0. The van der Waals surface area contributed by atoms with Gasteiger partial charge in [0, 0.05) is 25.2 Å². The van der Waals surface area contributed by atoms with Gasteiger partial charge in [-0.25, -0.2) is 5.32 Å². The molecule has 1 N–H and O–H groups in total. The highest BCUT2D eigenvalue weighted by molar-refractivity contribution is 4.77. The van der Waals surface area contributed by atoms with Crippen LogP contribution in [-0.4, -0.2) is 49.7 Å². The summed E-state index contributed by atoms with van der Waals surface area (Å²) in [6.45, 7) is 12.5. The van der Waals surface area contributed by atoms with Gasteiger partial charge in [0.1, 0.15) is 0 Å². The summed E-state index contributed by atoms with van der Waals surface area (Å²) in [5.41, 5.74) is 0. The van der Waals surface area contributed by atoms with Gasteiger partial charge in [-0.3, -0.25) is 0 Å². The van der Waals surface area contributed by atoms with Crippen LogP contribution in [-0.2, 0) is 0 Å². The van der Waals surface area contributed by atoms with Gasteiger partial charge in [-0.1, -0.05) is 13.8 Å². The van der Waals surface area contributed by atoms with Crippen LogP contribution < -0.4 is 10.6 Å². The highest BCUT2D eigenvalue weighted by Gasteiger charge is 2.15. The van der Waals surface area contributed by atoms with E-state index in [1.165, 1.54) is 38.9 Å². The molecule has 95 valence electrons. The molecular weight excluding hydrogens is 198 g/mol. The summed E-state index contributed by atoms with van der Waals surface area (Å²) >= 11 is 0. The van der Waals surface area contributed by atoms with Gasteiger partial charge in [-0.05, 0) is 45.8 Å². The van der Waals surface area contributed by atoms with Gasteiger partial charge < -0.3 is 10.2 Å². The summed E-state index contributed by atoms with van der Waals surface area (Å²) in [6, 6.07) is 1.35. The first-order valence-electron chi connectivity index (χ1n) is 6.87. The van der Waals surface area contributed by atoms with Crippen LogP contribution >= 0.6 is 0 Å². The van der Waals surface area contributed by atoms with E-state index in [0.29, 0.717) is 12.1 Å². The number of hydrogen-bond acceptors (Lipinski definition) is 2. The zero-order valence-electron chi connectivity index (χ0n) is 11.2. The first-order valence-corrected chi connectivity index (χ1v) is 6.87. The molecule has 0 bridgehead atoms. The van der Waals surface area contributed by atoms with Crippen molar-refractivity contribution in [3.05, 3.63) is 0 Å². The molecule has 16 heavy (non-hydrogen) atoms. The number of hydrogen-bond donors (Lipinski definition) is 1. The summed E-state index contributed by atoms with van der Waals surface area (Å²) in [5, 5.41) is 8.12. The Kier molecular flexibility index (Phi) is 7.01. The maximum atomic E-state index is 4.39. The fourth-order valence-corrected chi connectivity index (χ4v) is 2.32. The fourth-order valence-electron chi connectivity index (χ4n) is 2.32. The predicted octanol–water partition coefficient (Wildman–Crippen LogP) is 1.46. The Balaban J connectivity index is 2.11. The van der Waals surface area contributed by atoms with Crippen molar-refractivity contribution in [1.29, 1.82) is 0 Å². The molecule has 1 rings (SSSR count). The highest BCUT2D eigenvalue weighted by atomic mass is 15.1. The van der Waals surface area contributed by atoms with Crippen LogP contribution in [0.5, 0.6) is 0 Å². The standard InChI is InChI=1S/C13H28N3/c1-4-16(5-2)11-8-12(3)15-13-6-9-14-10-7-13/h12-13,15H,4-11H2,1-3H3. The Morgan fingerprint density at radius 3 is 2.44 bits per heavy atom. The van der Waals surface area contributed by atoms with E-state index in [4.69, 9.17) is 0 Å². The quantitative estimate of drug-likeness (QED) is 0.712. The van der Waals surface area contributed by atoms with Crippen molar-refractivity contribution in [1.82, 2.24) is 15.5 Å². The molecule has 1 heterocycles. The maximum absolute atomic E-state index is 4.39. The second-order valence-corrected chi connectivity index (χ2v) is 4.83. The molecule has 0 aromatic carbocycles. The van der Waals surface area contributed by atoms with Crippen LogP contribution in [0.2, 0.25) is 0 Å². The van der Waals surface area contributed by atoms with E-state index in [0.717, 1.165) is 13.1 Å². The van der Waals surface area contributed by atoms with Gasteiger partial charge in [0.25, 0.3) is 0 Å². The van der Waals surface area contributed by atoms with Gasteiger partial charge in [0.2, 0.25) is 0 Å². The third-order valence-corrected chi connectivity index (χ3v) is 3.56. The lowest BCUT2D eigenvalue weighted by Crippen LogP contribution is -2.43. The molecule has 1 radical (unpaired) electrons. The molecule has 1 atom stereocenters. The average Bonchev–Trinajstić information content (AvgIpc) is 2.31. The second kappa shape index (κ2) is 8.04. The topological polar surface area (TPSA) is 29.4 Å². The lowest BCUT2D eigenvalue weighted by Gasteiger charge is -2.28. The molecule has 1 unspecified atom stereocenters. The van der Waals surface area contributed by atoms with Crippen molar-refractivity contribution in [2.24, 2.45) is 0 Å². The Labute approximate surface area is 101 Å². The van der Waals surface area contributed by atoms with Crippen LogP contribution in [0, 0.1) is 0 Å². The molecule has 0 spiro atoms. The minimum Gasteiger partial charge on any atom is -0.311 e. The number of nitrogens with one attached hydrogen (secondary N) is 1. The molecule has 0 aliphatic carbocycles. The van der Waals surface area contributed by atoms with Gasteiger partial charge >= 0.3 is 0 Å². The minimum atomic E-state index is 0.642. The Bertz CT molecular complexity index is 163. The van der Waals surface area contributed by atoms with E-state index in [1.54, 1.807) is 0 Å². The van der Waals surface area contributed by atoms with E-state index in [9.17, 15) is 0 Å². The van der Waals surface area contributed by atoms with Crippen molar-refractivity contribution in [2.45, 2.75) is 52.1 Å². The third-order valence-electron chi connectivity index (χ3n) is 3.56. The van der Waals surface area contributed by atoms with Crippen molar-refractivity contribution < 1.29 is 0 Å². The van der Waals surface area contributed by atoms with Crippen LogP contribution in [0.15, 0.2) is 0 Å². The molecule has 0 aromatic heterocycles. The SMILES string of the molecule is CCN(CC)CCC(C)NC1CC[N]CC1. The normalized spacial score (nSPS) is 20.2. The molecule has 1 saturated heterocycles. The van der Waals surface area contributed by atoms with Gasteiger partial charge in [0.15, 0.2) is 0 Å². The zero-order valence-corrected chi connectivity index (χ0v) is 11.2. The number of piperidine rings is 1. The van der Waals surface area contributed by atoms with Gasteiger partial charge in [-0.2, -0.15) is 0 Å². The molecule has 0 aromatic rings. The first kappa shape index (κ1) is 13.9. The van der Waals surface area contributed by atoms with Crippen LogP contribution in [0.3, 0.4) is 0 Å². The number of nitrogens with zero attached hydrogens (tertiary/aromatic N) is 2. The molecule has 3 heteroatoms. The molecule has 0 amide bonds. The summed E-state index contributed by atoms with van der Waals surface area (Å²) in [7, 11) is 0. The molecule has 1 aliphatic rings. The number of rotatable bonds is 7. The van der Waals surface area contributed by atoms with E-state index < -0.39 is 0 Å². The Hall–Kier alpha value is -0.120. The van der Waals surface area contributed by atoms with E-state index in [2.05, 4.69) is 36.3 Å². The van der Waals surface area contributed by atoms with Crippen molar-refractivity contribution in [3.63, 3.8) is 0 Å². The predicted molar refractivity (Wildman–Crippen MR) is 69.9 cm³/mol. The lowest BCUT2D eigenvalue weighted by atomic mass is 10.0. The smallest absolute Gasteiger partial charge is 0.0148 e. The third kappa shape index (κ3) is 5.28. The van der Waals surface area contributed by atoms with Crippen LogP contribution in [0.4, 0.5) is 0 Å². The molecule has 1 fully saturated rings. The molecule has 0 saturated carbocycles. The van der Waals surface area contributed by atoms with Crippen molar-refractivity contribution >= 4 is 0 Å². The largest absolute Gasteiger partial charge is 0.311 e. The fraction of sp³-hybridized carbons (Fsp3) is 1.00. The molecule has 3 nitrogen and oxygen atoms in total. The van der Waals surface area contributed by atoms with E-state index in [1.807, 2.05) is 0 Å². The van der Waals surface area contributed by atoms with E-state index >= 15 is 0 Å². The van der Waals surface area contributed by atoms with Gasteiger partial charge in [-0.15, -0.1) is 0 Å². The lowest BCUT2D eigenvalue weighted by molar-refractivity contribution is 0.270. The zero-order chi connectivity index (χ0) is 11.8. The van der Waals surface area contributed by atoms with E-state index in [-0.39, 0.29) is 0 Å².